The fourth-order valence-electron chi connectivity index (χ4n) is 1.94. The Hall–Kier alpha value is -2.49. The van der Waals surface area contributed by atoms with Gasteiger partial charge in [-0.25, -0.2) is 0 Å². The molecule has 0 aliphatic carbocycles. The summed E-state index contributed by atoms with van der Waals surface area (Å²) in [5, 5.41) is 12.5. The van der Waals surface area contributed by atoms with E-state index >= 15 is 0 Å². The average Bonchev–Trinajstić information content (AvgIpc) is 2.44. The van der Waals surface area contributed by atoms with Crippen LogP contribution in [0.5, 0.6) is 11.5 Å². The summed E-state index contributed by atoms with van der Waals surface area (Å²) in [6.07, 6.45) is 0. The van der Waals surface area contributed by atoms with Gasteiger partial charge in [0.2, 0.25) is 0 Å². The van der Waals surface area contributed by atoms with Crippen LogP contribution in [0, 0.1) is 6.92 Å². The van der Waals surface area contributed by atoms with Crippen molar-refractivity contribution in [3.63, 3.8) is 0 Å². The number of aromatic hydroxyl groups is 1. The maximum atomic E-state index is 12.0. The summed E-state index contributed by atoms with van der Waals surface area (Å²) in [4.78, 5) is 12.0. The minimum Gasteiger partial charge on any atom is -0.504 e. The molecule has 4 nitrogen and oxygen atoms in total. The highest BCUT2D eigenvalue weighted by Crippen LogP contribution is 2.26. The molecule has 20 heavy (non-hydrogen) atoms. The number of rotatable bonds is 4. The molecule has 0 fully saturated rings. The molecule has 0 atom stereocenters. The van der Waals surface area contributed by atoms with Crippen LogP contribution < -0.4 is 10.1 Å². The van der Waals surface area contributed by atoms with Crippen LogP contribution in [-0.4, -0.2) is 18.1 Å². The lowest BCUT2D eigenvalue weighted by Crippen LogP contribution is -2.22. The molecule has 0 bridgehead atoms. The minimum atomic E-state index is -0.232. The molecule has 1 amide bonds. The molecule has 0 radical (unpaired) electrons. The van der Waals surface area contributed by atoms with Crippen LogP contribution in [0.4, 0.5) is 0 Å². The molecule has 0 unspecified atom stereocenters. The smallest absolute Gasteiger partial charge is 0.251 e. The summed E-state index contributed by atoms with van der Waals surface area (Å²) in [7, 11) is 1.46. The number of nitrogens with one attached hydrogen (secondary N) is 1. The average molecular weight is 271 g/mol. The van der Waals surface area contributed by atoms with Gasteiger partial charge in [0.1, 0.15) is 0 Å². The molecule has 2 N–H and O–H groups in total. The molecule has 0 aliphatic heterocycles. The van der Waals surface area contributed by atoms with Crippen molar-refractivity contribution in [3.8, 4) is 11.5 Å². The first kappa shape index (κ1) is 13.9. The first-order chi connectivity index (χ1) is 9.60. The van der Waals surface area contributed by atoms with E-state index in [4.69, 9.17) is 4.74 Å². The Morgan fingerprint density at radius 2 is 2.05 bits per heavy atom. The molecule has 2 aromatic carbocycles. The van der Waals surface area contributed by atoms with Crippen LogP contribution in [0.15, 0.2) is 42.5 Å². The molecule has 4 heteroatoms. The van der Waals surface area contributed by atoms with E-state index in [1.807, 2.05) is 31.2 Å². The first-order valence-electron chi connectivity index (χ1n) is 6.31. The Labute approximate surface area is 118 Å². The number of hydrogen-bond donors (Lipinski definition) is 2. The molecule has 0 aromatic heterocycles. The molecule has 2 aromatic rings. The van der Waals surface area contributed by atoms with Crippen molar-refractivity contribution in [2.24, 2.45) is 0 Å². The van der Waals surface area contributed by atoms with Crippen molar-refractivity contribution in [3.05, 3.63) is 59.2 Å². The molecule has 0 heterocycles. The maximum absolute atomic E-state index is 12.0. The van der Waals surface area contributed by atoms with Gasteiger partial charge in [0.05, 0.1) is 7.11 Å². The second-order valence-corrected chi connectivity index (χ2v) is 4.56. The van der Waals surface area contributed by atoms with Crippen LogP contribution in [0.3, 0.4) is 0 Å². The van der Waals surface area contributed by atoms with E-state index in [9.17, 15) is 9.90 Å². The first-order valence-corrected chi connectivity index (χ1v) is 6.31. The summed E-state index contributed by atoms with van der Waals surface area (Å²) in [5.74, 6) is 0.0698. The van der Waals surface area contributed by atoms with Crippen LogP contribution in [0.2, 0.25) is 0 Å². The van der Waals surface area contributed by atoms with Crippen LogP contribution in [0.25, 0.3) is 0 Å². The zero-order valence-electron chi connectivity index (χ0n) is 11.5. The number of amides is 1. The van der Waals surface area contributed by atoms with Gasteiger partial charge in [-0.2, -0.15) is 0 Å². The van der Waals surface area contributed by atoms with Crippen molar-refractivity contribution in [1.82, 2.24) is 5.32 Å². The maximum Gasteiger partial charge on any atom is 0.251 e. The van der Waals surface area contributed by atoms with Gasteiger partial charge in [-0.1, -0.05) is 29.8 Å². The van der Waals surface area contributed by atoms with Gasteiger partial charge in [0.15, 0.2) is 11.5 Å². The Morgan fingerprint density at radius 3 is 2.70 bits per heavy atom. The number of aryl methyl sites for hydroxylation is 1. The van der Waals surface area contributed by atoms with Gasteiger partial charge in [0, 0.05) is 12.1 Å². The van der Waals surface area contributed by atoms with E-state index in [1.165, 1.54) is 13.2 Å². The summed E-state index contributed by atoms with van der Waals surface area (Å²) in [6, 6.07) is 12.5. The van der Waals surface area contributed by atoms with Crippen molar-refractivity contribution >= 4 is 5.91 Å². The lowest BCUT2D eigenvalue weighted by atomic mass is 10.1. The molecule has 0 spiro atoms. The number of phenols is 1. The van der Waals surface area contributed by atoms with Gasteiger partial charge in [-0.3, -0.25) is 4.79 Å². The van der Waals surface area contributed by atoms with Gasteiger partial charge < -0.3 is 15.2 Å². The third kappa shape index (κ3) is 3.29. The largest absolute Gasteiger partial charge is 0.504 e. The lowest BCUT2D eigenvalue weighted by Gasteiger charge is -2.08. The molecular weight excluding hydrogens is 254 g/mol. The minimum absolute atomic E-state index is 0.0456. The van der Waals surface area contributed by atoms with E-state index in [0.717, 1.165) is 11.1 Å². The highest BCUT2D eigenvalue weighted by atomic mass is 16.5. The molecule has 0 saturated heterocycles. The number of ether oxygens (including phenoxy) is 1. The van der Waals surface area contributed by atoms with Crippen molar-refractivity contribution in [2.45, 2.75) is 13.5 Å². The second-order valence-electron chi connectivity index (χ2n) is 4.56. The van der Waals surface area contributed by atoms with Gasteiger partial charge in [-0.05, 0) is 30.7 Å². The standard InChI is InChI=1S/C16H17NO3/c1-11-4-3-5-12(8-11)10-17-16(19)13-6-7-15(20-2)14(18)9-13/h3-9,18H,10H2,1-2H3,(H,17,19). The zero-order valence-corrected chi connectivity index (χ0v) is 11.5. The Bertz CT molecular complexity index is 623. The summed E-state index contributed by atoms with van der Waals surface area (Å²) >= 11 is 0. The van der Waals surface area contributed by atoms with Crippen molar-refractivity contribution in [2.75, 3.05) is 7.11 Å². The Kier molecular flexibility index (Phi) is 4.25. The number of benzene rings is 2. The molecule has 2 rings (SSSR count). The number of phenolic OH excluding ortho intramolecular Hbond substituents is 1. The fraction of sp³-hybridized carbons (Fsp3) is 0.188. The van der Waals surface area contributed by atoms with E-state index < -0.39 is 0 Å². The number of carbonyl (C=O) groups excluding carboxylic acids is 1. The Balaban J connectivity index is 2.03. The monoisotopic (exact) mass is 271 g/mol. The van der Waals surface area contributed by atoms with Crippen LogP contribution >= 0.6 is 0 Å². The predicted molar refractivity (Wildman–Crippen MR) is 77.0 cm³/mol. The molecule has 0 saturated carbocycles. The zero-order chi connectivity index (χ0) is 14.5. The van der Waals surface area contributed by atoms with Crippen LogP contribution in [-0.2, 0) is 6.54 Å². The highest BCUT2D eigenvalue weighted by molar-refractivity contribution is 5.94. The number of carbonyl (C=O) groups is 1. The predicted octanol–water partition coefficient (Wildman–Crippen LogP) is 2.64. The van der Waals surface area contributed by atoms with E-state index in [-0.39, 0.29) is 11.7 Å². The molecule has 104 valence electrons. The third-order valence-corrected chi connectivity index (χ3v) is 2.98. The topological polar surface area (TPSA) is 58.6 Å². The quantitative estimate of drug-likeness (QED) is 0.898. The third-order valence-electron chi connectivity index (χ3n) is 2.98. The lowest BCUT2D eigenvalue weighted by molar-refractivity contribution is 0.0950. The second kappa shape index (κ2) is 6.10. The summed E-state index contributed by atoms with van der Waals surface area (Å²) in [6.45, 7) is 2.46. The highest BCUT2D eigenvalue weighted by Gasteiger charge is 2.09. The summed E-state index contributed by atoms with van der Waals surface area (Å²) < 4.78 is 4.94. The van der Waals surface area contributed by atoms with E-state index in [1.54, 1.807) is 12.1 Å². The molecule has 0 aliphatic rings. The molecular formula is C16H17NO3. The van der Waals surface area contributed by atoms with Crippen LogP contribution in [0.1, 0.15) is 21.5 Å². The fourth-order valence-corrected chi connectivity index (χ4v) is 1.94. The van der Waals surface area contributed by atoms with E-state index in [2.05, 4.69) is 5.32 Å². The number of hydrogen-bond acceptors (Lipinski definition) is 3. The van der Waals surface area contributed by atoms with Gasteiger partial charge in [0.25, 0.3) is 5.91 Å². The van der Waals surface area contributed by atoms with Crippen molar-refractivity contribution in [1.29, 1.82) is 0 Å². The van der Waals surface area contributed by atoms with Gasteiger partial charge in [-0.15, -0.1) is 0 Å². The van der Waals surface area contributed by atoms with Gasteiger partial charge >= 0.3 is 0 Å². The Morgan fingerprint density at radius 1 is 1.25 bits per heavy atom. The van der Waals surface area contributed by atoms with E-state index in [0.29, 0.717) is 17.9 Å². The SMILES string of the molecule is COc1ccc(C(=O)NCc2cccc(C)c2)cc1O. The number of methoxy groups -OCH3 is 1. The van der Waals surface area contributed by atoms with Crippen molar-refractivity contribution < 1.29 is 14.6 Å². The summed E-state index contributed by atoms with van der Waals surface area (Å²) in [5.41, 5.74) is 2.59. The normalized spacial score (nSPS) is 10.1.